The maximum absolute atomic E-state index is 9.76. The van der Waals surface area contributed by atoms with Gasteiger partial charge in [0, 0.05) is 49.1 Å². The highest BCUT2D eigenvalue weighted by Crippen LogP contribution is 2.35. The van der Waals surface area contributed by atoms with Crippen LogP contribution in [0.2, 0.25) is 0 Å². The lowest BCUT2D eigenvalue weighted by atomic mass is 9.83. The van der Waals surface area contributed by atoms with Crippen LogP contribution >= 0.6 is 0 Å². The van der Waals surface area contributed by atoms with Crippen molar-refractivity contribution in [3.63, 3.8) is 0 Å². The van der Waals surface area contributed by atoms with Crippen molar-refractivity contribution in [2.45, 2.75) is 90.2 Å². The van der Waals surface area contributed by atoms with Gasteiger partial charge in [-0.25, -0.2) is 0 Å². The van der Waals surface area contributed by atoms with Crippen LogP contribution in [0.5, 0.6) is 0 Å². The molecule has 3 atom stereocenters. The van der Waals surface area contributed by atoms with Gasteiger partial charge in [0.15, 0.2) is 12.5 Å². The van der Waals surface area contributed by atoms with E-state index >= 15 is 0 Å². The number of hydrogen-bond donors (Lipinski definition) is 1. The lowest BCUT2D eigenvalue weighted by molar-refractivity contribution is 0.0504. The summed E-state index contributed by atoms with van der Waals surface area (Å²) in [5, 5.41) is 16.3. The monoisotopic (exact) mass is 518 g/mol. The molecule has 8 heteroatoms. The Bertz CT molecular complexity index is 1260. The number of nitriles is 1. The van der Waals surface area contributed by atoms with Crippen LogP contribution in [0.15, 0.2) is 36.2 Å². The fraction of sp³-hybridized carbons (Fsp3) is 0.600. The number of aromatic nitrogens is 3. The number of hydrogen-bond acceptors (Lipinski definition) is 6. The molecule has 0 aromatic carbocycles. The molecule has 4 rings (SSSR count). The minimum atomic E-state index is -0.327. The predicted molar refractivity (Wildman–Crippen MR) is 150 cm³/mol. The first-order valence-corrected chi connectivity index (χ1v) is 14.1. The van der Waals surface area contributed by atoms with Crippen LogP contribution in [-0.2, 0) is 15.0 Å². The van der Waals surface area contributed by atoms with Crippen LogP contribution in [0.3, 0.4) is 0 Å². The number of nitrogens with one attached hydrogen (secondary N) is 1. The van der Waals surface area contributed by atoms with Crippen molar-refractivity contribution in [1.29, 1.82) is 5.26 Å². The second-order valence-corrected chi connectivity index (χ2v) is 10.4. The summed E-state index contributed by atoms with van der Waals surface area (Å²) in [6.07, 6.45) is 15.6. The Hall–Kier alpha value is -2.95. The smallest absolute Gasteiger partial charge is 0.199 e. The lowest BCUT2D eigenvalue weighted by Crippen LogP contribution is -2.37. The Kier molecular flexibility index (Phi) is 9.76. The molecule has 8 nitrogen and oxygen atoms in total. The van der Waals surface area contributed by atoms with Crippen LogP contribution in [0.4, 0.5) is 0 Å². The molecule has 2 aromatic rings. The van der Waals surface area contributed by atoms with Gasteiger partial charge in [0.05, 0.1) is 35.3 Å². The second kappa shape index (κ2) is 13.2. The number of likely N-dealkylation sites (tertiary alicyclic amines) is 1. The summed E-state index contributed by atoms with van der Waals surface area (Å²) in [5.74, 6) is 0.714. The average molecular weight is 519 g/mol. The molecule has 4 heterocycles. The minimum Gasteiger partial charge on any atom is -0.355 e. The molecular weight excluding hydrogens is 476 g/mol. The fourth-order valence-corrected chi connectivity index (χ4v) is 5.66. The molecule has 2 aliphatic rings. The molecule has 0 saturated carbocycles. The molecule has 2 saturated heterocycles. The van der Waals surface area contributed by atoms with E-state index in [-0.39, 0.29) is 18.1 Å². The number of nitrogens with zero attached hydrogens (tertiary/aromatic N) is 5. The lowest BCUT2D eigenvalue weighted by Gasteiger charge is -2.33. The van der Waals surface area contributed by atoms with E-state index in [4.69, 9.17) is 14.6 Å². The van der Waals surface area contributed by atoms with Gasteiger partial charge in [0.2, 0.25) is 0 Å². The summed E-state index contributed by atoms with van der Waals surface area (Å²) in [4.78, 5) is 10.2. The highest BCUT2D eigenvalue weighted by atomic mass is 16.8. The Balaban J connectivity index is 1.40. The van der Waals surface area contributed by atoms with Crippen molar-refractivity contribution >= 4 is 17.6 Å². The number of ether oxygens (including phenoxy) is 2. The molecule has 2 aliphatic heterocycles. The van der Waals surface area contributed by atoms with E-state index in [0.29, 0.717) is 12.3 Å². The largest absolute Gasteiger partial charge is 0.355 e. The zero-order valence-corrected chi connectivity index (χ0v) is 23.2. The Labute approximate surface area is 226 Å². The van der Waals surface area contributed by atoms with Gasteiger partial charge in [-0.3, -0.25) is 14.6 Å². The summed E-state index contributed by atoms with van der Waals surface area (Å²) in [7, 11) is 0. The molecule has 0 spiro atoms. The molecule has 2 aromatic heterocycles. The number of H-pyrrole nitrogens is 1. The third-order valence-electron chi connectivity index (χ3n) is 8.02. The van der Waals surface area contributed by atoms with Crippen LogP contribution in [0.25, 0.3) is 11.4 Å². The Morgan fingerprint density at radius 3 is 2.89 bits per heavy atom. The summed E-state index contributed by atoms with van der Waals surface area (Å²) >= 11 is 0. The topological polar surface area (TPSA) is 94.8 Å². The molecule has 0 amide bonds. The molecule has 0 radical (unpaired) electrons. The molecule has 0 aliphatic carbocycles. The SMILES string of the molecule is C=C=c1[nH]cc/c1=C(/N=CC)c1cnn(C(CC)(CC#N)CCCC2CCN(C3OC3OCCC)CC2)c1. The van der Waals surface area contributed by atoms with E-state index in [9.17, 15) is 5.26 Å². The van der Waals surface area contributed by atoms with E-state index < -0.39 is 0 Å². The minimum absolute atomic E-state index is 0.0267. The van der Waals surface area contributed by atoms with E-state index in [1.807, 2.05) is 36.3 Å². The number of epoxide rings is 1. The summed E-state index contributed by atoms with van der Waals surface area (Å²) < 4.78 is 13.5. The standard InChI is InChI=1S/C30H42N6O2/c1-5-20-37-29-28(38-29)35-18-12-23(13-19-35)10-9-14-30(7-3,15-16-31)36-22-24(21-34-36)27(32-8-4)25-11-17-33-26(25)6-2/h8,11,17,21-23,28-29,33H,2,5,7,9-10,12-15,18-20H2,1,3-4H3/b27-25-,32-8?. The molecule has 0 bridgehead atoms. The van der Waals surface area contributed by atoms with Gasteiger partial charge in [-0.1, -0.05) is 33.3 Å². The quantitative estimate of drug-likeness (QED) is 0.319. The maximum Gasteiger partial charge on any atom is 0.199 e. The fourth-order valence-electron chi connectivity index (χ4n) is 5.66. The van der Waals surface area contributed by atoms with Crippen LogP contribution in [-0.4, -0.2) is 58.1 Å². The molecule has 3 unspecified atom stereocenters. The number of rotatable bonds is 13. The molecule has 1 N–H and O–H groups in total. The highest BCUT2D eigenvalue weighted by Gasteiger charge is 2.45. The van der Waals surface area contributed by atoms with E-state index in [0.717, 1.165) is 67.2 Å². The first-order chi connectivity index (χ1) is 18.6. The van der Waals surface area contributed by atoms with Gasteiger partial charge in [0.25, 0.3) is 0 Å². The van der Waals surface area contributed by atoms with Crippen LogP contribution in [0.1, 0.15) is 77.7 Å². The zero-order chi connectivity index (χ0) is 27.0. The second-order valence-electron chi connectivity index (χ2n) is 10.4. The van der Waals surface area contributed by atoms with Gasteiger partial charge < -0.3 is 14.5 Å². The number of aromatic amines is 1. The van der Waals surface area contributed by atoms with Crippen LogP contribution < -0.4 is 10.6 Å². The average Bonchev–Trinajstić information content (AvgIpc) is 3.30. The zero-order valence-electron chi connectivity index (χ0n) is 23.2. The summed E-state index contributed by atoms with van der Waals surface area (Å²) in [5.41, 5.74) is 4.36. The van der Waals surface area contributed by atoms with Gasteiger partial charge >= 0.3 is 0 Å². The van der Waals surface area contributed by atoms with E-state index in [1.54, 1.807) is 6.21 Å². The normalized spacial score (nSPS) is 22.7. The molecular formula is C30H42N6O2. The summed E-state index contributed by atoms with van der Waals surface area (Å²) in [6.45, 7) is 12.9. The first-order valence-electron chi connectivity index (χ1n) is 14.1. The van der Waals surface area contributed by atoms with Gasteiger partial charge in [-0.15, -0.1) is 5.73 Å². The van der Waals surface area contributed by atoms with Gasteiger partial charge in [-0.2, -0.15) is 10.4 Å². The van der Waals surface area contributed by atoms with Crippen molar-refractivity contribution in [3.05, 3.63) is 47.4 Å². The van der Waals surface area contributed by atoms with Gasteiger partial charge in [-0.05, 0) is 51.0 Å². The van der Waals surface area contributed by atoms with Crippen molar-refractivity contribution in [3.8, 4) is 6.07 Å². The number of aliphatic imine (C=N–C) groups is 1. The highest BCUT2D eigenvalue weighted by molar-refractivity contribution is 5.72. The van der Waals surface area contributed by atoms with E-state index in [1.165, 1.54) is 19.3 Å². The third-order valence-corrected chi connectivity index (χ3v) is 8.02. The van der Waals surface area contributed by atoms with Crippen molar-refractivity contribution < 1.29 is 9.47 Å². The van der Waals surface area contributed by atoms with Crippen molar-refractivity contribution in [1.82, 2.24) is 19.7 Å². The molecule has 38 heavy (non-hydrogen) atoms. The van der Waals surface area contributed by atoms with Crippen LogP contribution in [0, 0.1) is 17.2 Å². The van der Waals surface area contributed by atoms with Crippen molar-refractivity contribution in [2.24, 2.45) is 10.9 Å². The predicted octanol–water partition coefficient (Wildman–Crippen LogP) is 4.03. The number of piperidine rings is 1. The Morgan fingerprint density at radius 2 is 2.21 bits per heavy atom. The van der Waals surface area contributed by atoms with Gasteiger partial charge in [0.1, 0.15) is 0 Å². The Morgan fingerprint density at radius 1 is 1.39 bits per heavy atom. The first kappa shape index (κ1) is 28.1. The third kappa shape index (κ3) is 6.36. The summed E-state index contributed by atoms with van der Waals surface area (Å²) in [6, 6.07) is 4.43. The van der Waals surface area contributed by atoms with E-state index in [2.05, 4.69) is 47.1 Å². The van der Waals surface area contributed by atoms with Crippen molar-refractivity contribution in [2.75, 3.05) is 19.7 Å². The maximum atomic E-state index is 9.76. The molecule has 204 valence electrons. The molecule has 2 fully saturated rings.